The quantitative estimate of drug-likeness (QED) is 0.886. The van der Waals surface area contributed by atoms with E-state index in [1.54, 1.807) is 18.0 Å². The second kappa shape index (κ2) is 5.23. The summed E-state index contributed by atoms with van der Waals surface area (Å²) in [6, 6.07) is 4.61. The first-order valence-corrected chi connectivity index (χ1v) is 6.81. The Hall–Kier alpha value is -1.91. The van der Waals surface area contributed by atoms with Crippen molar-refractivity contribution in [2.75, 3.05) is 0 Å². The molecule has 1 fully saturated rings. The molecule has 0 radical (unpaired) electrons. The van der Waals surface area contributed by atoms with E-state index in [4.69, 9.17) is 0 Å². The van der Waals surface area contributed by atoms with Gasteiger partial charge >= 0.3 is 0 Å². The van der Waals surface area contributed by atoms with Crippen molar-refractivity contribution in [1.82, 2.24) is 15.2 Å². The molecule has 20 heavy (non-hydrogen) atoms. The molecule has 2 heterocycles. The van der Waals surface area contributed by atoms with E-state index in [0.717, 1.165) is 5.69 Å². The minimum Gasteiger partial charge on any atom is -0.342 e. The topological polar surface area (TPSA) is 62.3 Å². The van der Waals surface area contributed by atoms with Crippen molar-refractivity contribution in [3.8, 4) is 0 Å². The molecule has 1 aliphatic rings. The summed E-state index contributed by atoms with van der Waals surface area (Å²) in [6.45, 7) is 7.95. The zero-order valence-electron chi connectivity index (χ0n) is 12.4. The van der Waals surface area contributed by atoms with Crippen LogP contribution in [0.15, 0.2) is 24.4 Å². The van der Waals surface area contributed by atoms with Crippen molar-refractivity contribution in [2.45, 2.75) is 46.3 Å². The molecule has 0 saturated carbocycles. The number of pyridine rings is 1. The van der Waals surface area contributed by atoms with Gasteiger partial charge in [-0.25, -0.2) is 0 Å². The fraction of sp³-hybridized carbons (Fsp3) is 0.533. The first-order valence-electron chi connectivity index (χ1n) is 6.81. The number of nitrogens with one attached hydrogen (secondary N) is 1. The molecule has 1 aromatic rings. The molecule has 0 aromatic carbocycles. The highest BCUT2D eigenvalue weighted by Gasteiger charge is 2.43. The predicted molar refractivity (Wildman–Crippen MR) is 75.6 cm³/mol. The van der Waals surface area contributed by atoms with Gasteiger partial charge in [-0.15, -0.1) is 0 Å². The predicted octanol–water partition coefficient (Wildman–Crippen LogP) is 1.34. The summed E-state index contributed by atoms with van der Waals surface area (Å²) in [5.74, 6) is -0.157. The van der Waals surface area contributed by atoms with E-state index in [9.17, 15) is 9.59 Å². The van der Waals surface area contributed by atoms with E-state index < -0.39 is 12.1 Å². The van der Waals surface area contributed by atoms with Gasteiger partial charge in [0.15, 0.2) is 0 Å². The molecule has 0 spiro atoms. The number of nitrogens with zero attached hydrogens (tertiary/aromatic N) is 2. The smallest absolute Gasteiger partial charge is 0.246 e. The molecule has 5 heteroatoms. The number of piperazine rings is 1. The fourth-order valence-corrected chi connectivity index (χ4v) is 2.29. The Labute approximate surface area is 119 Å². The lowest BCUT2D eigenvalue weighted by molar-refractivity contribution is -0.152. The van der Waals surface area contributed by atoms with Gasteiger partial charge in [0.05, 0.1) is 12.2 Å². The number of amides is 2. The maximum Gasteiger partial charge on any atom is 0.246 e. The van der Waals surface area contributed by atoms with Crippen LogP contribution in [0.3, 0.4) is 0 Å². The molecule has 0 aliphatic carbocycles. The minimum absolute atomic E-state index is 0.0461. The van der Waals surface area contributed by atoms with Crippen LogP contribution in [0.5, 0.6) is 0 Å². The SMILES string of the molecule is CC1C(=O)NC(C(C)(C)C)C(=O)N1Cc1ccccn1. The van der Waals surface area contributed by atoms with Crippen molar-refractivity contribution in [2.24, 2.45) is 5.41 Å². The lowest BCUT2D eigenvalue weighted by Crippen LogP contribution is -2.65. The van der Waals surface area contributed by atoms with Crippen LogP contribution in [0.4, 0.5) is 0 Å². The highest BCUT2D eigenvalue weighted by molar-refractivity contribution is 5.97. The third-order valence-electron chi connectivity index (χ3n) is 3.59. The summed E-state index contributed by atoms with van der Waals surface area (Å²) < 4.78 is 0. The molecule has 1 saturated heterocycles. The van der Waals surface area contributed by atoms with E-state index >= 15 is 0 Å². The van der Waals surface area contributed by atoms with Crippen LogP contribution in [0.1, 0.15) is 33.4 Å². The van der Waals surface area contributed by atoms with E-state index in [-0.39, 0.29) is 17.2 Å². The van der Waals surface area contributed by atoms with Gasteiger partial charge in [0.25, 0.3) is 0 Å². The molecule has 2 amide bonds. The van der Waals surface area contributed by atoms with Gasteiger partial charge in [-0.2, -0.15) is 0 Å². The maximum absolute atomic E-state index is 12.6. The van der Waals surface area contributed by atoms with Crippen molar-refractivity contribution in [1.29, 1.82) is 0 Å². The highest BCUT2D eigenvalue weighted by Crippen LogP contribution is 2.25. The van der Waals surface area contributed by atoms with Gasteiger partial charge in [-0.05, 0) is 24.5 Å². The number of aromatic nitrogens is 1. The van der Waals surface area contributed by atoms with Crippen LogP contribution in [0.2, 0.25) is 0 Å². The molecule has 1 aliphatic heterocycles. The number of carbonyl (C=O) groups is 2. The summed E-state index contributed by atoms with van der Waals surface area (Å²) in [7, 11) is 0. The van der Waals surface area contributed by atoms with Crippen LogP contribution in [0, 0.1) is 5.41 Å². The third kappa shape index (κ3) is 2.81. The number of carbonyl (C=O) groups excluding carboxylic acids is 2. The fourth-order valence-electron chi connectivity index (χ4n) is 2.29. The Morgan fingerprint density at radius 1 is 1.30 bits per heavy atom. The zero-order chi connectivity index (χ0) is 14.9. The molecule has 1 aromatic heterocycles. The molecule has 2 unspecified atom stereocenters. The lowest BCUT2D eigenvalue weighted by atomic mass is 9.84. The molecule has 2 atom stereocenters. The van der Waals surface area contributed by atoms with Crippen LogP contribution < -0.4 is 5.32 Å². The summed E-state index contributed by atoms with van der Waals surface area (Å²) in [5, 5.41) is 2.82. The summed E-state index contributed by atoms with van der Waals surface area (Å²) in [4.78, 5) is 30.5. The third-order valence-corrected chi connectivity index (χ3v) is 3.59. The number of rotatable bonds is 2. The van der Waals surface area contributed by atoms with E-state index in [1.807, 2.05) is 39.0 Å². The standard InChI is InChI=1S/C15H21N3O2/c1-10-13(19)17-12(15(2,3)4)14(20)18(10)9-11-7-5-6-8-16-11/h5-8,10,12H,9H2,1-4H3,(H,17,19). The normalized spacial score (nSPS) is 23.7. The second-order valence-electron chi connectivity index (χ2n) is 6.27. The molecule has 2 rings (SSSR count). The van der Waals surface area contributed by atoms with Crippen LogP contribution in [-0.2, 0) is 16.1 Å². The van der Waals surface area contributed by atoms with Crippen molar-refractivity contribution in [3.05, 3.63) is 30.1 Å². The number of hydrogen-bond acceptors (Lipinski definition) is 3. The zero-order valence-corrected chi connectivity index (χ0v) is 12.4. The molecular weight excluding hydrogens is 254 g/mol. The Bertz CT molecular complexity index is 508. The Balaban J connectivity index is 2.25. The Morgan fingerprint density at radius 3 is 2.55 bits per heavy atom. The average Bonchev–Trinajstić information content (AvgIpc) is 2.39. The lowest BCUT2D eigenvalue weighted by Gasteiger charge is -2.42. The average molecular weight is 275 g/mol. The largest absolute Gasteiger partial charge is 0.342 e. The van der Waals surface area contributed by atoms with Gasteiger partial charge in [0, 0.05) is 6.20 Å². The number of hydrogen-bond donors (Lipinski definition) is 1. The van der Waals surface area contributed by atoms with Gasteiger partial charge < -0.3 is 10.2 Å². The van der Waals surface area contributed by atoms with Crippen molar-refractivity contribution in [3.63, 3.8) is 0 Å². The van der Waals surface area contributed by atoms with Crippen LogP contribution in [0.25, 0.3) is 0 Å². The van der Waals surface area contributed by atoms with Crippen molar-refractivity contribution >= 4 is 11.8 Å². The summed E-state index contributed by atoms with van der Waals surface area (Å²) in [5.41, 5.74) is 0.477. The van der Waals surface area contributed by atoms with E-state index in [0.29, 0.717) is 6.54 Å². The summed E-state index contributed by atoms with van der Waals surface area (Å²) in [6.07, 6.45) is 1.69. The van der Waals surface area contributed by atoms with Crippen molar-refractivity contribution < 1.29 is 9.59 Å². The van der Waals surface area contributed by atoms with Crippen LogP contribution >= 0.6 is 0 Å². The summed E-state index contributed by atoms with van der Waals surface area (Å²) >= 11 is 0. The first-order chi connectivity index (χ1) is 9.30. The van der Waals surface area contributed by atoms with E-state index in [1.165, 1.54) is 0 Å². The van der Waals surface area contributed by atoms with Gasteiger partial charge in [0.2, 0.25) is 11.8 Å². The molecule has 5 nitrogen and oxygen atoms in total. The molecule has 0 bridgehead atoms. The second-order valence-corrected chi connectivity index (χ2v) is 6.27. The monoisotopic (exact) mass is 275 g/mol. The van der Waals surface area contributed by atoms with Crippen LogP contribution in [-0.4, -0.2) is 33.8 Å². The Kier molecular flexibility index (Phi) is 3.79. The molecule has 108 valence electrons. The van der Waals surface area contributed by atoms with Gasteiger partial charge in [0.1, 0.15) is 12.1 Å². The van der Waals surface area contributed by atoms with Gasteiger partial charge in [-0.3, -0.25) is 14.6 Å². The van der Waals surface area contributed by atoms with E-state index in [2.05, 4.69) is 10.3 Å². The highest BCUT2D eigenvalue weighted by atomic mass is 16.2. The maximum atomic E-state index is 12.6. The Morgan fingerprint density at radius 2 is 2.00 bits per heavy atom. The first kappa shape index (κ1) is 14.5. The van der Waals surface area contributed by atoms with Gasteiger partial charge in [-0.1, -0.05) is 26.8 Å². The molecule has 1 N–H and O–H groups in total. The minimum atomic E-state index is -0.491. The molecular formula is C15H21N3O2.